The minimum Gasteiger partial charge on any atom is -0.579 e. The van der Waals surface area contributed by atoms with Crippen LogP contribution in [0.3, 0.4) is 0 Å². The third-order valence-corrected chi connectivity index (χ3v) is 4.09. The van der Waals surface area contributed by atoms with Gasteiger partial charge >= 0.3 is 0 Å². The number of hydrogen-bond donors (Lipinski definition) is 3. The zero-order valence-electron chi connectivity index (χ0n) is 8.52. The summed E-state index contributed by atoms with van der Waals surface area (Å²) in [5, 5.41) is 24.4. The Bertz CT molecular complexity index is 418. The molecule has 1 unspecified atom stereocenters. The van der Waals surface area contributed by atoms with Crippen molar-refractivity contribution in [3.8, 4) is 0 Å². The molecule has 0 bridgehead atoms. The molecule has 0 aromatic carbocycles. The third-order valence-electron chi connectivity index (χ3n) is 2.16. The summed E-state index contributed by atoms with van der Waals surface area (Å²) in [5.74, 6) is -0.160. The summed E-state index contributed by atoms with van der Waals surface area (Å²) >= 11 is -0.0787. The maximum absolute atomic E-state index is 10.9. The first-order valence-electron chi connectivity index (χ1n) is 4.50. The highest BCUT2D eigenvalue weighted by molar-refractivity contribution is 8.00. The Morgan fingerprint density at radius 3 is 2.94 bits per heavy atom. The van der Waals surface area contributed by atoms with Crippen molar-refractivity contribution in [2.75, 3.05) is 13.1 Å². The fourth-order valence-corrected chi connectivity index (χ4v) is 3.24. The van der Waals surface area contributed by atoms with Crippen molar-refractivity contribution in [2.24, 2.45) is 16.0 Å². The van der Waals surface area contributed by atoms with E-state index in [0.29, 0.717) is 18.1 Å². The van der Waals surface area contributed by atoms with Gasteiger partial charge in [-0.1, -0.05) is 16.9 Å². The van der Waals surface area contributed by atoms with Crippen molar-refractivity contribution in [3.63, 3.8) is 0 Å². The average Bonchev–Trinajstić information content (AvgIpc) is 2.69. The molecule has 1 atom stereocenters. The maximum Gasteiger partial charge on any atom is 0.195 e. The lowest BCUT2D eigenvalue weighted by Crippen LogP contribution is -2.54. The molecule has 1 aromatic heterocycles. The van der Waals surface area contributed by atoms with Gasteiger partial charge in [0, 0.05) is 5.25 Å². The third kappa shape index (κ3) is 2.63. The molecule has 1 aliphatic heterocycles. The van der Waals surface area contributed by atoms with Crippen molar-refractivity contribution in [2.45, 2.75) is 10.3 Å². The Morgan fingerprint density at radius 1 is 1.65 bits per heavy atom. The van der Waals surface area contributed by atoms with Gasteiger partial charge in [0.05, 0.1) is 13.1 Å². The molecule has 17 heavy (non-hydrogen) atoms. The summed E-state index contributed by atoms with van der Waals surface area (Å²) in [6.07, 6.45) is 0. The molecule has 94 valence electrons. The van der Waals surface area contributed by atoms with Crippen LogP contribution in [0.25, 0.3) is 0 Å². The van der Waals surface area contributed by atoms with E-state index in [4.69, 9.17) is 16.1 Å². The van der Waals surface area contributed by atoms with Gasteiger partial charge in [0.15, 0.2) is 16.6 Å². The first kappa shape index (κ1) is 12.4. The van der Waals surface area contributed by atoms with Gasteiger partial charge in [-0.05, 0) is 10.3 Å². The topological polar surface area (TPSA) is 150 Å². The summed E-state index contributed by atoms with van der Waals surface area (Å²) in [5.41, 5.74) is 5.59. The quantitative estimate of drug-likeness (QED) is 0.196. The largest absolute Gasteiger partial charge is 0.579 e. The molecular formula is C6H10N6O3S2. The molecule has 0 radical (unpaired) electrons. The minimum absolute atomic E-state index is 0.160. The Morgan fingerprint density at radius 2 is 2.35 bits per heavy atom. The van der Waals surface area contributed by atoms with Gasteiger partial charge in [0.2, 0.25) is 0 Å². The molecule has 2 rings (SSSR count). The van der Waals surface area contributed by atoms with Gasteiger partial charge in [-0.2, -0.15) is 0 Å². The molecule has 9 nitrogen and oxygen atoms in total. The van der Waals surface area contributed by atoms with E-state index in [1.165, 1.54) is 11.8 Å². The smallest absolute Gasteiger partial charge is 0.195 e. The second kappa shape index (κ2) is 5.10. The SMILES string of the molecule is N/C(=N\O)c1nonc1SC1CN([S+](N)[O-])C1. The monoisotopic (exact) mass is 278 g/mol. The second-order valence-electron chi connectivity index (χ2n) is 3.27. The van der Waals surface area contributed by atoms with Crippen molar-refractivity contribution >= 4 is 29.1 Å². The maximum atomic E-state index is 10.9. The van der Waals surface area contributed by atoms with Crippen molar-refractivity contribution < 1.29 is 14.4 Å². The highest BCUT2D eigenvalue weighted by Crippen LogP contribution is 2.30. The van der Waals surface area contributed by atoms with Gasteiger partial charge in [-0.15, -0.1) is 9.44 Å². The van der Waals surface area contributed by atoms with Crippen LogP contribution >= 0.6 is 11.8 Å². The van der Waals surface area contributed by atoms with Crippen LogP contribution in [0.2, 0.25) is 0 Å². The van der Waals surface area contributed by atoms with E-state index in [0.717, 1.165) is 0 Å². The van der Waals surface area contributed by atoms with Gasteiger partial charge < -0.3 is 15.5 Å². The lowest BCUT2D eigenvalue weighted by molar-refractivity contribution is 0.295. The molecule has 0 saturated carbocycles. The Kier molecular flexibility index (Phi) is 3.73. The van der Waals surface area contributed by atoms with Crippen LogP contribution in [0.4, 0.5) is 0 Å². The van der Waals surface area contributed by atoms with Crippen LogP contribution in [0.5, 0.6) is 0 Å². The lowest BCUT2D eigenvalue weighted by atomic mass is 10.3. The van der Waals surface area contributed by atoms with Gasteiger partial charge in [0.1, 0.15) is 11.5 Å². The first-order valence-corrected chi connectivity index (χ1v) is 6.55. The number of thioether (sulfide) groups is 1. The van der Waals surface area contributed by atoms with Crippen molar-refractivity contribution in [3.05, 3.63) is 5.69 Å². The van der Waals surface area contributed by atoms with E-state index in [9.17, 15) is 4.55 Å². The molecular weight excluding hydrogens is 268 g/mol. The molecule has 1 aliphatic rings. The van der Waals surface area contributed by atoms with Crippen molar-refractivity contribution in [1.82, 2.24) is 14.6 Å². The van der Waals surface area contributed by atoms with Crippen LogP contribution in [0, 0.1) is 0 Å². The van der Waals surface area contributed by atoms with E-state index >= 15 is 0 Å². The first-order chi connectivity index (χ1) is 8.11. The molecule has 5 N–H and O–H groups in total. The number of nitrogens with zero attached hydrogens (tertiary/aromatic N) is 4. The Balaban J connectivity index is 1.95. The Hall–Kier alpha value is -1.01. The molecule has 1 fully saturated rings. The predicted octanol–water partition coefficient (Wildman–Crippen LogP) is -1.52. The normalized spacial score (nSPS) is 20.2. The highest BCUT2D eigenvalue weighted by atomic mass is 32.2. The van der Waals surface area contributed by atoms with Crippen LogP contribution in [0.1, 0.15) is 5.69 Å². The molecule has 0 amide bonds. The summed E-state index contributed by atoms with van der Waals surface area (Å²) in [4.78, 5) is 0. The predicted molar refractivity (Wildman–Crippen MR) is 60.4 cm³/mol. The van der Waals surface area contributed by atoms with Gasteiger partial charge in [0.25, 0.3) is 0 Å². The number of hydrogen-bond acceptors (Lipinski definition) is 9. The molecule has 1 aromatic rings. The van der Waals surface area contributed by atoms with Gasteiger partial charge in [-0.3, -0.25) is 0 Å². The van der Waals surface area contributed by atoms with Crippen LogP contribution in [-0.2, 0) is 11.5 Å². The molecule has 0 aliphatic carbocycles. The van der Waals surface area contributed by atoms with E-state index in [1.807, 2.05) is 0 Å². The summed E-state index contributed by atoms with van der Waals surface area (Å²) in [6, 6.07) is 0. The second-order valence-corrected chi connectivity index (χ2v) is 5.62. The van der Waals surface area contributed by atoms with E-state index in [1.54, 1.807) is 4.31 Å². The molecule has 0 spiro atoms. The fourth-order valence-electron chi connectivity index (χ4n) is 1.24. The zero-order valence-corrected chi connectivity index (χ0v) is 10.1. The summed E-state index contributed by atoms with van der Waals surface area (Å²) in [6.45, 7) is 1.16. The van der Waals surface area contributed by atoms with Gasteiger partial charge in [-0.25, -0.2) is 4.63 Å². The minimum atomic E-state index is -1.44. The number of oxime groups is 1. The standard InChI is InChI=1S/C6H10N6O3S2/c7-5(9-13)4-6(11-15-10-4)16-3-1-12(2-3)17(8)14/h3,13H,1-2,8H2,(H2,7,9). The van der Waals surface area contributed by atoms with Crippen LogP contribution < -0.4 is 10.9 Å². The molecule has 11 heteroatoms. The summed E-state index contributed by atoms with van der Waals surface area (Å²) in [7, 11) is 0. The highest BCUT2D eigenvalue weighted by Gasteiger charge is 2.36. The average molecular weight is 278 g/mol. The number of aromatic nitrogens is 2. The van der Waals surface area contributed by atoms with Crippen LogP contribution in [0.15, 0.2) is 14.8 Å². The number of amidine groups is 1. The van der Waals surface area contributed by atoms with E-state index in [-0.39, 0.29) is 16.8 Å². The van der Waals surface area contributed by atoms with Crippen LogP contribution in [-0.4, -0.2) is 48.6 Å². The zero-order chi connectivity index (χ0) is 12.4. The Labute approximate surface area is 104 Å². The van der Waals surface area contributed by atoms with E-state index < -0.39 is 11.5 Å². The number of rotatable bonds is 4. The molecule has 2 heterocycles. The van der Waals surface area contributed by atoms with E-state index in [2.05, 4.69) is 20.1 Å². The molecule has 1 saturated heterocycles. The van der Waals surface area contributed by atoms with Crippen molar-refractivity contribution in [1.29, 1.82) is 0 Å². The summed E-state index contributed by atoms with van der Waals surface area (Å²) < 4.78 is 17.0. The fraction of sp³-hybridized carbons (Fsp3) is 0.500. The number of nitrogens with two attached hydrogens (primary N) is 2. The lowest BCUT2D eigenvalue weighted by Gasteiger charge is -2.34.